The number of hydrogen-bond acceptors (Lipinski definition) is 10. The van der Waals surface area contributed by atoms with Crippen LogP contribution in [-0.4, -0.2) is 79.8 Å². The molecule has 4 heterocycles. The first kappa shape index (κ1) is 43.5. The fourth-order valence-corrected chi connectivity index (χ4v) is 7.24. The zero-order valence-corrected chi connectivity index (χ0v) is 35.3. The van der Waals surface area contributed by atoms with Gasteiger partial charge in [-0.3, -0.25) is 19.0 Å². The molecular weight excluding hydrogens is 741 g/mol. The van der Waals surface area contributed by atoms with Crippen molar-refractivity contribution in [1.29, 1.82) is 0 Å². The molecule has 58 heavy (non-hydrogen) atoms. The van der Waals surface area contributed by atoms with Crippen LogP contribution >= 0.6 is 0 Å². The van der Waals surface area contributed by atoms with Gasteiger partial charge in [-0.1, -0.05) is 58.7 Å². The Balaban J connectivity index is 0.000000221. The average molecular weight is 799 g/mol. The second-order valence-corrected chi connectivity index (χ2v) is 15.6. The second-order valence-electron chi connectivity index (χ2n) is 15.6. The monoisotopic (exact) mass is 798 g/mol. The molecule has 2 aromatic heterocycles. The van der Waals surface area contributed by atoms with Crippen LogP contribution in [0.25, 0.3) is 0 Å². The number of nitrogens with zero attached hydrogens (tertiary/aromatic N) is 6. The molecule has 0 N–H and O–H groups in total. The maximum absolute atomic E-state index is 12.7. The lowest BCUT2D eigenvalue weighted by molar-refractivity contribution is -0.149. The van der Waals surface area contributed by atoms with Crippen molar-refractivity contribution in [3.63, 3.8) is 0 Å². The van der Waals surface area contributed by atoms with E-state index < -0.39 is 5.41 Å². The number of aromatic nitrogens is 4. The van der Waals surface area contributed by atoms with E-state index in [2.05, 4.69) is 22.3 Å². The van der Waals surface area contributed by atoms with Gasteiger partial charge in [-0.2, -0.15) is 10.2 Å². The number of aryl methyl sites for hydroxylation is 6. The molecule has 0 radical (unpaired) electrons. The number of hydrogen-bond donors (Lipinski definition) is 0. The molecule has 0 atom stereocenters. The van der Waals surface area contributed by atoms with Crippen molar-refractivity contribution in [3.8, 4) is 0 Å². The first-order chi connectivity index (χ1) is 27.6. The van der Waals surface area contributed by atoms with Gasteiger partial charge >= 0.3 is 24.1 Å². The van der Waals surface area contributed by atoms with E-state index >= 15 is 0 Å². The SMILES string of the molecule is CCOC(=O)C(C)(C)c1cc2n(n1)CCCN(C(=O)OCc1cc(C)cc(C)c1)C2.CCOC(=O)Cc1cc2n(n1)CCCN(C(=O)OCc1cc(C)cc(C)c1)C2. The largest absolute Gasteiger partial charge is 0.466 e. The van der Waals surface area contributed by atoms with E-state index in [4.69, 9.17) is 18.9 Å². The number of esters is 2. The van der Waals surface area contributed by atoms with Gasteiger partial charge in [0.2, 0.25) is 0 Å². The highest BCUT2D eigenvalue weighted by atomic mass is 16.6. The molecule has 0 unspecified atom stereocenters. The Kier molecular flexibility index (Phi) is 14.7. The summed E-state index contributed by atoms with van der Waals surface area (Å²) in [7, 11) is 0. The highest BCUT2D eigenvalue weighted by Crippen LogP contribution is 2.27. The van der Waals surface area contributed by atoms with Crippen LogP contribution in [0, 0.1) is 27.7 Å². The number of carbonyl (C=O) groups is 4. The van der Waals surface area contributed by atoms with Gasteiger partial charge in [0, 0.05) is 26.2 Å². The second kappa shape index (κ2) is 19.7. The predicted octanol–water partition coefficient (Wildman–Crippen LogP) is 7.03. The summed E-state index contributed by atoms with van der Waals surface area (Å²) in [5.41, 5.74) is 8.85. The Bertz CT molecular complexity index is 2040. The molecule has 0 bridgehead atoms. The third-order valence-corrected chi connectivity index (χ3v) is 9.94. The van der Waals surface area contributed by atoms with E-state index in [1.165, 1.54) is 0 Å². The Labute approximate surface area is 341 Å². The Hall–Kier alpha value is -5.66. The fraction of sp³-hybridized carbons (Fsp3) is 0.500. The standard InChI is InChI=1S/C23H31N3O4.C21H27N3O4/c1-6-29-21(27)23(4,5)20-13-19-14-25(8-7-9-26(19)24-20)22(28)30-15-18-11-16(2)10-17(3)12-18;1-4-27-20(25)12-18-11-19-13-23(6-5-7-24(19)22-18)21(26)28-14-17-9-15(2)8-16(3)10-17/h10-13H,6-9,14-15H2,1-5H3;8-11H,4-7,12-14H2,1-3H3. The summed E-state index contributed by atoms with van der Waals surface area (Å²) < 4.78 is 25.0. The molecule has 0 aliphatic carbocycles. The third kappa shape index (κ3) is 11.7. The number of benzene rings is 2. The van der Waals surface area contributed by atoms with Gasteiger partial charge in [-0.15, -0.1) is 0 Å². The summed E-state index contributed by atoms with van der Waals surface area (Å²) >= 11 is 0. The lowest BCUT2D eigenvalue weighted by atomic mass is 9.89. The lowest BCUT2D eigenvalue weighted by Gasteiger charge is -2.20. The molecule has 2 aliphatic rings. The molecule has 0 saturated carbocycles. The van der Waals surface area contributed by atoms with Gasteiger partial charge in [0.15, 0.2) is 0 Å². The van der Waals surface area contributed by atoms with Crippen molar-refractivity contribution in [2.45, 2.75) is 119 Å². The van der Waals surface area contributed by atoms with Crippen molar-refractivity contribution >= 4 is 24.1 Å². The number of ether oxygens (including phenoxy) is 4. The molecule has 14 nitrogen and oxygen atoms in total. The molecule has 6 rings (SSSR count). The van der Waals surface area contributed by atoms with Crippen LogP contribution in [-0.2, 0) is 79.8 Å². The summed E-state index contributed by atoms with van der Waals surface area (Å²) in [5.74, 6) is -0.594. The van der Waals surface area contributed by atoms with Crippen LogP contribution in [0.15, 0.2) is 48.5 Å². The topological polar surface area (TPSA) is 147 Å². The zero-order valence-electron chi connectivity index (χ0n) is 35.3. The predicted molar refractivity (Wildman–Crippen MR) is 217 cm³/mol. The maximum atomic E-state index is 12.7. The molecule has 0 spiro atoms. The zero-order chi connectivity index (χ0) is 42.0. The normalized spacial score (nSPS) is 13.9. The molecule has 0 saturated heterocycles. The van der Waals surface area contributed by atoms with Crippen molar-refractivity contribution in [1.82, 2.24) is 29.4 Å². The number of rotatable bonds is 10. The van der Waals surface area contributed by atoms with E-state index in [0.29, 0.717) is 63.9 Å². The minimum absolute atomic E-state index is 0.144. The summed E-state index contributed by atoms with van der Waals surface area (Å²) in [6, 6.07) is 16.1. The van der Waals surface area contributed by atoms with Gasteiger partial charge in [0.1, 0.15) is 18.6 Å². The van der Waals surface area contributed by atoms with Gasteiger partial charge in [-0.25, -0.2) is 9.59 Å². The third-order valence-electron chi connectivity index (χ3n) is 9.94. The fourth-order valence-electron chi connectivity index (χ4n) is 7.24. The van der Waals surface area contributed by atoms with Gasteiger partial charge in [-0.05, 0) is 91.5 Å². The Morgan fingerprint density at radius 1 is 0.603 bits per heavy atom. The van der Waals surface area contributed by atoms with Crippen LogP contribution in [0.5, 0.6) is 0 Å². The quantitative estimate of drug-likeness (QED) is 0.121. The lowest BCUT2D eigenvalue weighted by Crippen LogP contribution is -2.32. The van der Waals surface area contributed by atoms with E-state index in [1.54, 1.807) is 23.6 Å². The Morgan fingerprint density at radius 3 is 1.55 bits per heavy atom. The van der Waals surface area contributed by atoms with Crippen LogP contribution in [0.1, 0.15) is 96.7 Å². The summed E-state index contributed by atoms with van der Waals surface area (Å²) in [6.45, 7) is 19.9. The van der Waals surface area contributed by atoms with Crippen molar-refractivity contribution in [2.24, 2.45) is 0 Å². The van der Waals surface area contributed by atoms with Gasteiger partial charge in [0.05, 0.1) is 55.5 Å². The molecule has 4 aromatic rings. The minimum atomic E-state index is -0.844. The number of amides is 2. The first-order valence-electron chi connectivity index (χ1n) is 20.1. The maximum Gasteiger partial charge on any atom is 0.410 e. The number of carbonyl (C=O) groups excluding carboxylic acids is 4. The van der Waals surface area contributed by atoms with Crippen molar-refractivity contribution < 1.29 is 38.1 Å². The molecular formula is C44H58N6O8. The smallest absolute Gasteiger partial charge is 0.410 e. The van der Waals surface area contributed by atoms with Gasteiger partial charge < -0.3 is 28.7 Å². The molecule has 2 aromatic carbocycles. The highest BCUT2D eigenvalue weighted by Gasteiger charge is 2.35. The first-order valence-corrected chi connectivity index (χ1v) is 20.1. The van der Waals surface area contributed by atoms with Crippen molar-refractivity contribution in [3.05, 3.63) is 105 Å². The minimum Gasteiger partial charge on any atom is -0.466 e. The van der Waals surface area contributed by atoms with Crippen LogP contribution in [0.2, 0.25) is 0 Å². The Morgan fingerprint density at radius 2 is 1.07 bits per heavy atom. The van der Waals surface area contributed by atoms with Crippen LogP contribution < -0.4 is 0 Å². The average Bonchev–Trinajstić information content (AvgIpc) is 3.60. The molecule has 2 amide bonds. The van der Waals surface area contributed by atoms with Crippen LogP contribution in [0.3, 0.4) is 0 Å². The highest BCUT2D eigenvalue weighted by molar-refractivity contribution is 5.81. The summed E-state index contributed by atoms with van der Waals surface area (Å²) in [6.07, 6.45) is 1.03. The van der Waals surface area contributed by atoms with Crippen molar-refractivity contribution in [2.75, 3.05) is 26.3 Å². The van der Waals surface area contributed by atoms with Crippen LogP contribution in [0.4, 0.5) is 9.59 Å². The summed E-state index contributed by atoms with van der Waals surface area (Å²) in [4.78, 5) is 52.7. The molecule has 312 valence electrons. The molecule has 0 fully saturated rings. The number of fused-ring (bicyclic) bond motifs is 2. The van der Waals surface area contributed by atoms with E-state index in [-0.39, 0.29) is 43.8 Å². The molecule has 14 heteroatoms. The molecule has 2 aliphatic heterocycles. The summed E-state index contributed by atoms with van der Waals surface area (Å²) in [5, 5.41) is 9.11. The van der Waals surface area contributed by atoms with E-state index in [9.17, 15) is 19.2 Å². The van der Waals surface area contributed by atoms with E-state index in [1.807, 2.05) is 87.3 Å². The van der Waals surface area contributed by atoms with E-state index in [0.717, 1.165) is 57.6 Å². The van der Waals surface area contributed by atoms with Gasteiger partial charge in [0.25, 0.3) is 0 Å².